The van der Waals surface area contributed by atoms with Crippen molar-refractivity contribution in [3.05, 3.63) is 28.8 Å². The van der Waals surface area contributed by atoms with E-state index in [-0.39, 0.29) is 5.91 Å². The molecule has 1 heterocycles. The van der Waals surface area contributed by atoms with Crippen LogP contribution in [0.3, 0.4) is 0 Å². The van der Waals surface area contributed by atoms with Gasteiger partial charge in [0.05, 0.1) is 0 Å². The Hall–Kier alpha value is -1.26. The summed E-state index contributed by atoms with van der Waals surface area (Å²) in [6, 6.07) is 6.25. The van der Waals surface area contributed by atoms with Crippen LogP contribution in [0.5, 0.6) is 5.75 Å². The van der Waals surface area contributed by atoms with Crippen LogP contribution in [0.15, 0.2) is 18.2 Å². The van der Waals surface area contributed by atoms with Crippen molar-refractivity contribution >= 4 is 17.5 Å². The van der Waals surface area contributed by atoms with Gasteiger partial charge in [0.1, 0.15) is 5.75 Å². The van der Waals surface area contributed by atoms with E-state index in [9.17, 15) is 4.79 Å². The van der Waals surface area contributed by atoms with Gasteiger partial charge >= 0.3 is 0 Å². The number of benzene rings is 1. The van der Waals surface area contributed by atoms with Crippen LogP contribution < -0.4 is 4.74 Å². The Morgan fingerprint density at radius 3 is 2.50 bits per heavy atom. The van der Waals surface area contributed by atoms with Crippen LogP contribution >= 0.6 is 11.6 Å². The Morgan fingerprint density at radius 2 is 1.88 bits per heavy atom. The summed E-state index contributed by atoms with van der Waals surface area (Å²) in [6.45, 7) is 7.36. The van der Waals surface area contributed by atoms with Gasteiger partial charge in [-0.1, -0.05) is 24.4 Å². The fourth-order valence-electron chi connectivity index (χ4n) is 3.78. The first-order valence-electron chi connectivity index (χ1n) is 9.00. The Morgan fingerprint density at radius 1 is 1.21 bits per heavy atom. The number of halogens is 1. The third-order valence-electron chi connectivity index (χ3n) is 5.26. The smallest absolute Gasteiger partial charge is 0.263 e. The molecule has 1 amide bonds. The summed E-state index contributed by atoms with van der Waals surface area (Å²) in [5.41, 5.74) is 0.957. The lowest BCUT2D eigenvalue weighted by Gasteiger charge is -2.38. The van der Waals surface area contributed by atoms with Crippen LogP contribution in [0, 0.1) is 6.92 Å². The lowest BCUT2D eigenvalue weighted by molar-refractivity contribution is -0.140. The standard InChI is InChI=1S/C19H27ClN2O2/c1-14-13-17(7-8-18(14)20)24-15(2)19(23)22-11-9-21(10-12-22)16-5-3-4-6-16/h7-8,13,15-16H,3-6,9-12H2,1-2H3. The van der Waals surface area contributed by atoms with Gasteiger partial charge in [0, 0.05) is 37.2 Å². The third-order valence-corrected chi connectivity index (χ3v) is 5.68. The molecule has 1 saturated heterocycles. The van der Waals surface area contributed by atoms with Crippen LogP contribution in [-0.2, 0) is 4.79 Å². The molecule has 1 aliphatic heterocycles. The van der Waals surface area contributed by atoms with E-state index in [1.807, 2.05) is 36.9 Å². The van der Waals surface area contributed by atoms with E-state index < -0.39 is 6.10 Å². The van der Waals surface area contributed by atoms with Crippen molar-refractivity contribution < 1.29 is 9.53 Å². The second kappa shape index (κ2) is 7.75. The summed E-state index contributed by atoms with van der Waals surface area (Å²) < 4.78 is 5.83. The molecule has 0 aromatic heterocycles. The number of rotatable bonds is 4. The maximum absolute atomic E-state index is 12.6. The van der Waals surface area contributed by atoms with Crippen LogP contribution in [0.1, 0.15) is 38.2 Å². The summed E-state index contributed by atoms with van der Waals surface area (Å²) in [4.78, 5) is 17.1. The van der Waals surface area contributed by atoms with Gasteiger partial charge in [-0.2, -0.15) is 0 Å². The maximum Gasteiger partial charge on any atom is 0.263 e. The predicted molar refractivity (Wildman–Crippen MR) is 96.7 cm³/mol. The topological polar surface area (TPSA) is 32.8 Å². The third kappa shape index (κ3) is 4.04. The first kappa shape index (κ1) is 17.6. The molecule has 132 valence electrons. The van der Waals surface area contributed by atoms with Crippen molar-refractivity contribution in [3.8, 4) is 5.75 Å². The first-order chi connectivity index (χ1) is 11.5. The monoisotopic (exact) mass is 350 g/mol. The molecular formula is C19H27ClN2O2. The Labute approximate surface area is 149 Å². The minimum absolute atomic E-state index is 0.0775. The fourth-order valence-corrected chi connectivity index (χ4v) is 3.90. The quantitative estimate of drug-likeness (QED) is 0.833. The van der Waals surface area contributed by atoms with Crippen molar-refractivity contribution in [2.45, 2.75) is 51.7 Å². The van der Waals surface area contributed by atoms with E-state index in [4.69, 9.17) is 16.3 Å². The number of carbonyl (C=O) groups excluding carboxylic acids is 1. The first-order valence-corrected chi connectivity index (χ1v) is 9.38. The zero-order valence-corrected chi connectivity index (χ0v) is 15.4. The number of amides is 1. The van der Waals surface area contributed by atoms with Gasteiger partial charge in [-0.25, -0.2) is 0 Å². The molecule has 2 fully saturated rings. The number of carbonyl (C=O) groups is 1. The van der Waals surface area contributed by atoms with Crippen LogP contribution in [-0.4, -0.2) is 54.0 Å². The summed E-state index contributed by atoms with van der Waals surface area (Å²) >= 11 is 6.03. The van der Waals surface area contributed by atoms with Gasteiger partial charge < -0.3 is 9.64 Å². The number of nitrogens with zero attached hydrogens (tertiary/aromatic N) is 2. The predicted octanol–water partition coefficient (Wildman–Crippen LogP) is 3.50. The van der Waals surface area contributed by atoms with Gasteiger partial charge in [-0.05, 0) is 50.5 Å². The molecule has 1 unspecified atom stereocenters. The average Bonchev–Trinajstić information content (AvgIpc) is 3.12. The van der Waals surface area contributed by atoms with E-state index in [1.165, 1.54) is 25.7 Å². The summed E-state index contributed by atoms with van der Waals surface area (Å²) in [5.74, 6) is 0.774. The molecule has 5 heteroatoms. The SMILES string of the molecule is Cc1cc(OC(C)C(=O)N2CCN(C3CCCC3)CC2)ccc1Cl. The van der Waals surface area contributed by atoms with E-state index in [1.54, 1.807) is 0 Å². The number of hydrogen-bond acceptors (Lipinski definition) is 3. The molecule has 24 heavy (non-hydrogen) atoms. The highest BCUT2D eigenvalue weighted by Gasteiger charge is 2.30. The molecular weight excluding hydrogens is 324 g/mol. The number of aryl methyl sites for hydroxylation is 1. The second-order valence-corrected chi connectivity index (χ2v) is 7.38. The lowest BCUT2D eigenvalue weighted by atomic mass is 10.1. The van der Waals surface area contributed by atoms with E-state index in [0.29, 0.717) is 10.8 Å². The molecule has 4 nitrogen and oxygen atoms in total. The average molecular weight is 351 g/mol. The molecule has 1 aromatic carbocycles. The Bertz CT molecular complexity index is 579. The molecule has 3 rings (SSSR count). The molecule has 0 bridgehead atoms. The van der Waals surface area contributed by atoms with Crippen molar-refractivity contribution in [1.82, 2.24) is 9.80 Å². The molecule has 0 spiro atoms. The molecule has 2 aliphatic rings. The van der Waals surface area contributed by atoms with Crippen molar-refractivity contribution in [1.29, 1.82) is 0 Å². The largest absolute Gasteiger partial charge is 0.481 e. The van der Waals surface area contributed by atoms with Gasteiger partial charge in [-0.3, -0.25) is 9.69 Å². The van der Waals surface area contributed by atoms with Crippen molar-refractivity contribution in [3.63, 3.8) is 0 Å². The summed E-state index contributed by atoms with van der Waals surface area (Å²) in [5, 5.41) is 0.712. The molecule has 1 aliphatic carbocycles. The fraction of sp³-hybridized carbons (Fsp3) is 0.632. The summed E-state index contributed by atoms with van der Waals surface area (Å²) in [6.07, 6.45) is 4.89. The number of hydrogen-bond donors (Lipinski definition) is 0. The highest BCUT2D eigenvalue weighted by atomic mass is 35.5. The van der Waals surface area contributed by atoms with Crippen LogP contribution in [0.2, 0.25) is 5.02 Å². The summed E-state index contributed by atoms with van der Waals surface area (Å²) in [7, 11) is 0. The molecule has 1 saturated carbocycles. The van der Waals surface area contributed by atoms with Gasteiger partial charge in [0.25, 0.3) is 5.91 Å². The number of ether oxygens (including phenoxy) is 1. The molecule has 0 N–H and O–H groups in total. The van der Waals surface area contributed by atoms with Crippen LogP contribution in [0.25, 0.3) is 0 Å². The molecule has 0 radical (unpaired) electrons. The highest BCUT2D eigenvalue weighted by Crippen LogP contribution is 2.25. The zero-order chi connectivity index (χ0) is 17.1. The Kier molecular flexibility index (Phi) is 5.67. The normalized spacial score (nSPS) is 21.0. The minimum atomic E-state index is -0.469. The van der Waals surface area contributed by atoms with Gasteiger partial charge in [-0.15, -0.1) is 0 Å². The van der Waals surface area contributed by atoms with Crippen molar-refractivity contribution in [2.75, 3.05) is 26.2 Å². The van der Waals surface area contributed by atoms with Crippen molar-refractivity contribution in [2.24, 2.45) is 0 Å². The lowest BCUT2D eigenvalue weighted by Crippen LogP contribution is -2.53. The van der Waals surface area contributed by atoms with E-state index in [0.717, 1.165) is 37.8 Å². The maximum atomic E-state index is 12.6. The highest BCUT2D eigenvalue weighted by molar-refractivity contribution is 6.31. The van der Waals surface area contributed by atoms with Crippen LogP contribution in [0.4, 0.5) is 0 Å². The van der Waals surface area contributed by atoms with E-state index in [2.05, 4.69) is 4.90 Å². The molecule has 1 atom stereocenters. The second-order valence-electron chi connectivity index (χ2n) is 6.97. The minimum Gasteiger partial charge on any atom is -0.481 e. The number of piperazine rings is 1. The molecule has 1 aromatic rings. The van der Waals surface area contributed by atoms with E-state index >= 15 is 0 Å². The Balaban J connectivity index is 1.51. The van der Waals surface area contributed by atoms with Gasteiger partial charge in [0.2, 0.25) is 0 Å². The van der Waals surface area contributed by atoms with Gasteiger partial charge in [0.15, 0.2) is 6.10 Å². The zero-order valence-electron chi connectivity index (χ0n) is 14.6.